The molecule has 4 rings (SSSR count). The molecule has 0 bridgehead atoms. The van der Waals surface area contributed by atoms with Crippen molar-refractivity contribution in [3.63, 3.8) is 0 Å². The molecule has 0 spiro atoms. The lowest BCUT2D eigenvalue weighted by atomic mass is 10.1. The molecule has 1 amide bonds. The fraction of sp³-hybridized carbons (Fsp3) is 0.238. The van der Waals surface area contributed by atoms with Gasteiger partial charge in [0.05, 0.1) is 27.0 Å². The maximum Gasteiger partial charge on any atom is 0.326 e. The molecule has 8 heteroatoms. The molecule has 148 valence electrons. The van der Waals surface area contributed by atoms with E-state index in [-0.39, 0.29) is 12.5 Å². The van der Waals surface area contributed by atoms with Crippen molar-refractivity contribution in [1.82, 2.24) is 9.55 Å². The predicted octanol–water partition coefficient (Wildman–Crippen LogP) is 4.23. The van der Waals surface area contributed by atoms with Gasteiger partial charge in [-0.25, -0.2) is 4.98 Å². The standard InChI is InChI=1S/C21H19N3O3S2/c1-4-27-18(25)11-24-15-9-12(2)13(3)10-17(15)29-21(24)23-19(26)20-22-14-7-5-6-8-16(14)28-20/h5-10H,4,11H2,1-3H3. The molecule has 0 aliphatic carbocycles. The number of aryl methyl sites for hydroxylation is 2. The molecule has 0 saturated heterocycles. The molecule has 0 fully saturated rings. The number of fused-ring (bicyclic) bond motifs is 2. The Labute approximate surface area is 175 Å². The van der Waals surface area contributed by atoms with Crippen LogP contribution in [-0.2, 0) is 16.1 Å². The van der Waals surface area contributed by atoms with Gasteiger partial charge < -0.3 is 9.30 Å². The van der Waals surface area contributed by atoms with Crippen molar-refractivity contribution in [3.8, 4) is 0 Å². The van der Waals surface area contributed by atoms with Crippen LogP contribution in [0.5, 0.6) is 0 Å². The van der Waals surface area contributed by atoms with E-state index in [4.69, 9.17) is 4.74 Å². The van der Waals surface area contributed by atoms with E-state index in [1.807, 2.05) is 44.2 Å². The molecule has 0 atom stereocenters. The summed E-state index contributed by atoms with van der Waals surface area (Å²) < 4.78 is 8.76. The number of nitrogens with zero attached hydrogens (tertiary/aromatic N) is 3. The number of carbonyl (C=O) groups is 2. The van der Waals surface area contributed by atoms with E-state index in [1.165, 1.54) is 22.7 Å². The van der Waals surface area contributed by atoms with E-state index in [9.17, 15) is 9.59 Å². The maximum absolute atomic E-state index is 12.8. The largest absolute Gasteiger partial charge is 0.465 e. The Morgan fingerprint density at radius 2 is 1.86 bits per heavy atom. The third-order valence-corrected chi connectivity index (χ3v) is 6.63. The van der Waals surface area contributed by atoms with Crippen LogP contribution in [0.4, 0.5) is 0 Å². The fourth-order valence-electron chi connectivity index (χ4n) is 2.99. The number of rotatable bonds is 4. The SMILES string of the molecule is CCOC(=O)Cn1c(=NC(=O)c2nc3ccccc3s2)sc2cc(C)c(C)cc21. The molecular weight excluding hydrogens is 406 g/mol. The van der Waals surface area contributed by atoms with Gasteiger partial charge in [-0.15, -0.1) is 11.3 Å². The van der Waals surface area contributed by atoms with Gasteiger partial charge in [-0.2, -0.15) is 4.99 Å². The highest BCUT2D eigenvalue weighted by Gasteiger charge is 2.16. The molecule has 2 aromatic carbocycles. The van der Waals surface area contributed by atoms with Gasteiger partial charge in [-0.1, -0.05) is 23.5 Å². The summed E-state index contributed by atoms with van der Waals surface area (Å²) in [6.45, 7) is 6.13. The Morgan fingerprint density at radius 1 is 1.10 bits per heavy atom. The highest BCUT2D eigenvalue weighted by Crippen LogP contribution is 2.24. The van der Waals surface area contributed by atoms with Crippen LogP contribution in [0.3, 0.4) is 0 Å². The van der Waals surface area contributed by atoms with Crippen LogP contribution in [0.15, 0.2) is 41.4 Å². The zero-order valence-corrected chi connectivity index (χ0v) is 17.9. The normalized spacial score (nSPS) is 12.0. The lowest BCUT2D eigenvalue weighted by Gasteiger charge is -2.06. The summed E-state index contributed by atoms with van der Waals surface area (Å²) in [5.41, 5.74) is 3.89. The fourth-order valence-corrected chi connectivity index (χ4v) is 4.95. The minimum absolute atomic E-state index is 0.00228. The van der Waals surface area contributed by atoms with Crippen molar-refractivity contribution in [2.24, 2.45) is 4.99 Å². The van der Waals surface area contributed by atoms with Crippen LogP contribution in [-0.4, -0.2) is 28.0 Å². The first-order valence-electron chi connectivity index (χ1n) is 9.17. The van der Waals surface area contributed by atoms with Crippen molar-refractivity contribution >= 4 is 55.0 Å². The molecule has 6 nitrogen and oxygen atoms in total. The number of hydrogen-bond acceptors (Lipinski definition) is 6. The van der Waals surface area contributed by atoms with Gasteiger partial charge in [0.15, 0.2) is 9.81 Å². The first-order valence-corrected chi connectivity index (χ1v) is 10.8. The lowest BCUT2D eigenvalue weighted by molar-refractivity contribution is -0.143. The third kappa shape index (κ3) is 3.86. The maximum atomic E-state index is 12.8. The molecule has 4 aromatic rings. The number of para-hydroxylation sites is 1. The molecule has 0 aliphatic heterocycles. The average molecular weight is 426 g/mol. The topological polar surface area (TPSA) is 73.6 Å². The number of carbonyl (C=O) groups excluding carboxylic acids is 2. The Bertz CT molecular complexity index is 1280. The van der Waals surface area contributed by atoms with Gasteiger partial charge >= 0.3 is 11.9 Å². The summed E-state index contributed by atoms with van der Waals surface area (Å²) in [4.78, 5) is 34.1. The summed E-state index contributed by atoms with van der Waals surface area (Å²) in [7, 11) is 0. The Morgan fingerprint density at radius 3 is 2.62 bits per heavy atom. The van der Waals surface area contributed by atoms with Crippen molar-refractivity contribution in [2.75, 3.05) is 6.61 Å². The van der Waals surface area contributed by atoms with Gasteiger partial charge in [0, 0.05) is 0 Å². The highest BCUT2D eigenvalue weighted by molar-refractivity contribution is 7.20. The van der Waals surface area contributed by atoms with Crippen LogP contribution in [0.1, 0.15) is 27.9 Å². The van der Waals surface area contributed by atoms with Crippen molar-refractivity contribution in [2.45, 2.75) is 27.3 Å². The summed E-state index contributed by atoms with van der Waals surface area (Å²) in [6.07, 6.45) is 0. The number of ether oxygens (including phenoxy) is 1. The first-order chi connectivity index (χ1) is 14.0. The van der Waals surface area contributed by atoms with Crippen molar-refractivity contribution < 1.29 is 14.3 Å². The van der Waals surface area contributed by atoms with Crippen molar-refractivity contribution in [3.05, 3.63) is 57.3 Å². The number of aromatic nitrogens is 2. The van der Waals surface area contributed by atoms with Crippen LogP contribution in [0.25, 0.3) is 20.4 Å². The molecule has 2 heterocycles. The molecule has 0 radical (unpaired) electrons. The summed E-state index contributed by atoms with van der Waals surface area (Å²) in [5.74, 6) is -0.775. The molecular formula is C21H19N3O3S2. The zero-order chi connectivity index (χ0) is 20.5. The van der Waals surface area contributed by atoms with E-state index in [2.05, 4.69) is 16.0 Å². The van der Waals surface area contributed by atoms with Crippen LogP contribution >= 0.6 is 22.7 Å². The molecule has 0 N–H and O–H groups in total. The van der Waals surface area contributed by atoms with E-state index in [0.29, 0.717) is 16.4 Å². The Hall–Kier alpha value is -2.84. The van der Waals surface area contributed by atoms with Gasteiger partial charge in [-0.05, 0) is 56.2 Å². The molecule has 0 unspecified atom stereocenters. The van der Waals surface area contributed by atoms with E-state index < -0.39 is 5.91 Å². The summed E-state index contributed by atoms with van der Waals surface area (Å²) in [6, 6.07) is 11.7. The second-order valence-electron chi connectivity index (χ2n) is 6.58. The zero-order valence-electron chi connectivity index (χ0n) is 16.3. The van der Waals surface area contributed by atoms with Crippen LogP contribution in [0.2, 0.25) is 0 Å². The molecule has 0 saturated carbocycles. The Kier molecular flexibility index (Phi) is 5.29. The highest BCUT2D eigenvalue weighted by atomic mass is 32.1. The minimum Gasteiger partial charge on any atom is -0.465 e. The number of benzene rings is 2. The summed E-state index contributed by atoms with van der Waals surface area (Å²) >= 11 is 2.69. The molecule has 29 heavy (non-hydrogen) atoms. The summed E-state index contributed by atoms with van der Waals surface area (Å²) in [5, 5.41) is 0.332. The van der Waals surface area contributed by atoms with Gasteiger partial charge in [0.25, 0.3) is 0 Å². The van der Waals surface area contributed by atoms with Crippen molar-refractivity contribution in [1.29, 1.82) is 0 Å². The van der Waals surface area contributed by atoms with E-state index in [1.54, 1.807) is 11.5 Å². The lowest BCUT2D eigenvalue weighted by Crippen LogP contribution is -2.23. The van der Waals surface area contributed by atoms with Gasteiger partial charge in [0.2, 0.25) is 0 Å². The Balaban J connectivity index is 1.84. The molecule has 2 aromatic heterocycles. The quantitative estimate of drug-likeness (QED) is 0.459. The van der Waals surface area contributed by atoms with Crippen LogP contribution < -0.4 is 4.80 Å². The number of thiazole rings is 2. The number of hydrogen-bond donors (Lipinski definition) is 0. The monoisotopic (exact) mass is 425 g/mol. The predicted molar refractivity (Wildman–Crippen MR) is 115 cm³/mol. The first kappa shape index (κ1) is 19.5. The number of amides is 1. The third-order valence-electron chi connectivity index (χ3n) is 4.56. The smallest absolute Gasteiger partial charge is 0.326 e. The average Bonchev–Trinajstić information content (AvgIpc) is 3.25. The minimum atomic E-state index is -0.413. The number of esters is 1. The van der Waals surface area contributed by atoms with E-state index >= 15 is 0 Å². The second kappa shape index (κ2) is 7.88. The van der Waals surface area contributed by atoms with Gasteiger partial charge in [-0.3, -0.25) is 9.59 Å². The van der Waals surface area contributed by atoms with Crippen LogP contribution in [0, 0.1) is 13.8 Å². The van der Waals surface area contributed by atoms with E-state index in [0.717, 1.165) is 31.6 Å². The second-order valence-corrected chi connectivity index (χ2v) is 8.62. The molecule has 0 aliphatic rings. The van der Waals surface area contributed by atoms with Gasteiger partial charge in [0.1, 0.15) is 6.54 Å².